The Morgan fingerprint density at radius 2 is 1.44 bits per heavy atom. The fourth-order valence-corrected chi connectivity index (χ4v) is 6.87. The third-order valence-corrected chi connectivity index (χ3v) is 7.67. The van der Waals surface area contributed by atoms with E-state index in [0.29, 0.717) is 5.75 Å². The Bertz CT molecular complexity index is 1000. The number of esters is 1. The van der Waals surface area contributed by atoms with Gasteiger partial charge in [0.05, 0.1) is 0 Å². The molecule has 0 amide bonds. The van der Waals surface area contributed by atoms with Crippen molar-refractivity contribution < 1.29 is 14.6 Å². The Kier molecular flexibility index (Phi) is 6.94. The van der Waals surface area contributed by atoms with Crippen LogP contribution in [0.4, 0.5) is 0 Å². The molecular formula is C31H40O3. The highest BCUT2D eigenvalue weighted by molar-refractivity contribution is 5.87. The van der Waals surface area contributed by atoms with E-state index in [9.17, 15) is 9.90 Å². The molecule has 3 nitrogen and oxygen atoms in total. The lowest BCUT2D eigenvalue weighted by molar-refractivity contribution is -0.148. The van der Waals surface area contributed by atoms with E-state index in [1.54, 1.807) is 6.08 Å². The normalized spacial score (nSPS) is 27.4. The maximum atomic E-state index is 11.9. The third kappa shape index (κ3) is 5.24. The van der Waals surface area contributed by atoms with Gasteiger partial charge in [-0.15, -0.1) is 0 Å². The number of phenols is 1. The van der Waals surface area contributed by atoms with E-state index in [4.69, 9.17) is 4.74 Å². The molecule has 3 heteroatoms. The molecule has 0 radical (unpaired) electrons. The number of rotatable bonds is 4. The number of carbonyl (C=O) groups is 1. The van der Waals surface area contributed by atoms with Crippen LogP contribution in [0.3, 0.4) is 0 Å². The van der Waals surface area contributed by atoms with E-state index in [1.165, 1.54) is 50.2 Å². The van der Waals surface area contributed by atoms with Gasteiger partial charge in [-0.3, -0.25) is 0 Å². The maximum absolute atomic E-state index is 11.9. The van der Waals surface area contributed by atoms with Crippen molar-refractivity contribution in [1.29, 1.82) is 0 Å². The standard InChI is InChI=1S/C29H34O3.C2H6/c1-28(2,3)32-27(31)11-6-19-4-7-23(8-5-19)24-9-10-26(30)25(15-24)29-16-20-12-21(17-29)14-22(13-20)18-29;1-2/h4-11,15,20-22,30H,12-14,16-18H2,1-3H3;1-2H3/b11-6+;. The molecule has 0 aromatic heterocycles. The van der Waals surface area contributed by atoms with E-state index in [1.807, 2.05) is 58.9 Å². The summed E-state index contributed by atoms with van der Waals surface area (Å²) in [7, 11) is 0. The zero-order valence-electron chi connectivity index (χ0n) is 21.4. The Hall–Kier alpha value is -2.55. The van der Waals surface area contributed by atoms with Crippen molar-refractivity contribution in [1.82, 2.24) is 0 Å². The molecule has 182 valence electrons. The molecule has 2 aromatic rings. The summed E-state index contributed by atoms with van der Waals surface area (Å²) in [4.78, 5) is 11.9. The van der Waals surface area contributed by atoms with Gasteiger partial charge >= 0.3 is 5.97 Å². The zero-order valence-corrected chi connectivity index (χ0v) is 21.4. The molecular weight excluding hydrogens is 420 g/mol. The summed E-state index contributed by atoms with van der Waals surface area (Å²) in [5.41, 5.74) is 4.09. The number of phenolic OH excluding ortho intramolecular Hbond substituents is 1. The van der Waals surface area contributed by atoms with Gasteiger partial charge in [0.2, 0.25) is 0 Å². The quantitative estimate of drug-likeness (QED) is 0.372. The molecule has 4 aliphatic rings. The molecule has 34 heavy (non-hydrogen) atoms. The van der Waals surface area contributed by atoms with Crippen LogP contribution in [0.5, 0.6) is 5.75 Å². The van der Waals surface area contributed by atoms with Crippen LogP contribution in [0.1, 0.15) is 84.3 Å². The van der Waals surface area contributed by atoms with Gasteiger partial charge in [0.1, 0.15) is 11.4 Å². The molecule has 6 rings (SSSR count). The van der Waals surface area contributed by atoms with Crippen LogP contribution >= 0.6 is 0 Å². The Balaban J connectivity index is 0.00000133. The van der Waals surface area contributed by atoms with Gasteiger partial charge in [-0.25, -0.2) is 4.79 Å². The summed E-state index contributed by atoms with van der Waals surface area (Å²) in [6, 6.07) is 14.4. The number of benzene rings is 2. The fourth-order valence-electron chi connectivity index (χ4n) is 6.87. The second kappa shape index (κ2) is 9.60. The predicted octanol–water partition coefficient (Wildman–Crippen LogP) is 7.91. The lowest BCUT2D eigenvalue weighted by atomic mass is 9.48. The van der Waals surface area contributed by atoms with Crippen LogP contribution in [-0.4, -0.2) is 16.7 Å². The maximum Gasteiger partial charge on any atom is 0.331 e. The Labute approximate surface area is 205 Å². The summed E-state index contributed by atoms with van der Waals surface area (Å²) in [5, 5.41) is 10.8. The largest absolute Gasteiger partial charge is 0.508 e. The minimum absolute atomic E-state index is 0.172. The highest BCUT2D eigenvalue weighted by Crippen LogP contribution is 2.62. The lowest BCUT2D eigenvalue weighted by Gasteiger charge is -2.57. The van der Waals surface area contributed by atoms with Crippen molar-refractivity contribution in [3.63, 3.8) is 0 Å². The molecule has 2 aromatic carbocycles. The van der Waals surface area contributed by atoms with Gasteiger partial charge in [0, 0.05) is 11.6 Å². The summed E-state index contributed by atoms with van der Waals surface area (Å²) in [6.07, 6.45) is 11.2. The van der Waals surface area contributed by atoms with Crippen molar-refractivity contribution in [2.45, 2.75) is 84.2 Å². The molecule has 0 aliphatic heterocycles. The first-order valence-corrected chi connectivity index (χ1v) is 13.0. The average Bonchev–Trinajstić information content (AvgIpc) is 2.78. The van der Waals surface area contributed by atoms with E-state index in [-0.39, 0.29) is 11.4 Å². The van der Waals surface area contributed by atoms with Crippen molar-refractivity contribution >= 4 is 12.0 Å². The molecule has 0 unspecified atom stereocenters. The summed E-state index contributed by atoms with van der Waals surface area (Å²) >= 11 is 0. The van der Waals surface area contributed by atoms with Gasteiger partial charge in [-0.2, -0.15) is 0 Å². The van der Waals surface area contributed by atoms with Crippen LogP contribution in [-0.2, 0) is 14.9 Å². The van der Waals surface area contributed by atoms with Gasteiger partial charge < -0.3 is 9.84 Å². The lowest BCUT2D eigenvalue weighted by Crippen LogP contribution is -2.48. The molecule has 4 aliphatic carbocycles. The van der Waals surface area contributed by atoms with Crippen LogP contribution in [0.25, 0.3) is 17.2 Å². The monoisotopic (exact) mass is 460 g/mol. The molecule has 0 saturated heterocycles. The zero-order chi connectivity index (χ0) is 24.5. The average molecular weight is 461 g/mol. The van der Waals surface area contributed by atoms with E-state index in [2.05, 4.69) is 18.2 Å². The van der Waals surface area contributed by atoms with Crippen molar-refractivity contribution in [3.05, 3.63) is 59.7 Å². The molecule has 0 atom stereocenters. The fraction of sp³-hybridized carbons (Fsp3) is 0.516. The van der Waals surface area contributed by atoms with Gasteiger partial charge in [0.25, 0.3) is 0 Å². The number of ether oxygens (including phenoxy) is 1. The first-order valence-electron chi connectivity index (χ1n) is 13.0. The Morgan fingerprint density at radius 3 is 1.97 bits per heavy atom. The van der Waals surface area contributed by atoms with Crippen molar-refractivity contribution in [2.24, 2.45) is 17.8 Å². The Morgan fingerprint density at radius 1 is 0.912 bits per heavy atom. The summed E-state index contributed by atoms with van der Waals surface area (Å²) < 4.78 is 5.33. The molecule has 0 heterocycles. The number of hydrogen-bond acceptors (Lipinski definition) is 3. The number of hydrogen-bond donors (Lipinski definition) is 1. The van der Waals surface area contributed by atoms with Crippen LogP contribution in [0.15, 0.2) is 48.5 Å². The van der Waals surface area contributed by atoms with E-state index >= 15 is 0 Å². The van der Waals surface area contributed by atoms with E-state index < -0.39 is 5.60 Å². The van der Waals surface area contributed by atoms with Crippen LogP contribution in [0.2, 0.25) is 0 Å². The van der Waals surface area contributed by atoms with Gasteiger partial charge in [-0.05, 0) is 117 Å². The molecule has 4 saturated carbocycles. The minimum Gasteiger partial charge on any atom is -0.508 e. The van der Waals surface area contributed by atoms with Crippen molar-refractivity contribution in [3.8, 4) is 16.9 Å². The van der Waals surface area contributed by atoms with E-state index in [0.717, 1.165) is 34.4 Å². The number of carbonyl (C=O) groups excluding carboxylic acids is 1. The molecule has 0 spiro atoms. The molecule has 1 N–H and O–H groups in total. The summed E-state index contributed by atoms with van der Waals surface area (Å²) in [6.45, 7) is 9.59. The first-order chi connectivity index (χ1) is 16.2. The minimum atomic E-state index is -0.488. The third-order valence-electron chi connectivity index (χ3n) is 7.67. The predicted molar refractivity (Wildman–Crippen MR) is 140 cm³/mol. The highest BCUT2D eigenvalue weighted by atomic mass is 16.6. The van der Waals surface area contributed by atoms with Crippen LogP contribution in [0, 0.1) is 17.8 Å². The van der Waals surface area contributed by atoms with Gasteiger partial charge in [0.15, 0.2) is 0 Å². The topological polar surface area (TPSA) is 46.5 Å². The van der Waals surface area contributed by atoms with Crippen molar-refractivity contribution in [2.75, 3.05) is 0 Å². The molecule has 4 fully saturated rings. The molecule has 4 bridgehead atoms. The second-order valence-electron chi connectivity index (χ2n) is 11.4. The van der Waals surface area contributed by atoms with Crippen LogP contribution < -0.4 is 0 Å². The SMILES string of the molecule is CC.CC(C)(C)OC(=O)/C=C/c1ccc(-c2ccc(O)c(C34CC5CC(CC(C5)C3)C4)c2)cc1. The number of aromatic hydroxyl groups is 1. The highest BCUT2D eigenvalue weighted by Gasteiger charge is 2.52. The second-order valence-corrected chi connectivity index (χ2v) is 11.4. The first kappa shape index (κ1) is 24.6. The van der Waals surface area contributed by atoms with Gasteiger partial charge in [-0.1, -0.05) is 44.2 Å². The summed E-state index contributed by atoms with van der Waals surface area (Å²) in [5.74, 6) is 2.67. The smallest absolute Gasteiger partial charge is 0.331 e.